The maximum atomic E-state index is 9.16. The molecule has 0 fully saturated rings. The van der Waals surface area contributed by atoms with E-state index in [4.69, 9.17) is 10.2 Å². The van der Waals surface area contributed by atoms with Gasteiger partial charge in [0.1, 0.15) is 0 Å². The summed E-state index contributed by atoms with van der Waals surface area (Å²) >= 11 is 3.31. The van der Waals surface area contributed by atoms with Crippen LogP contribution in [-0.2, 0) is 0 Å². The second-order valence-electron chi connectivity index (χ2n) is 2.63. The van der Waals surface area contributed by atoms with Gasteiger partial charge in [0.05, 0.1) is 0 Å². The number of alkyl halides is 1. The molecule has 0 aromatic heterocycles. The summed E-state index contributed by atoms with van der Waals surface area (Å²) < 4.78 is 0. The van der Waals surface area contributed by atoms with Gasteiger partial charge in [0, 0.05) is 5.33 Å². The van der Waals surface area contributed by atoms with Crippen LogP contribution in [0, 0.1) is 0 Å². The monoisotopic (exact) mass is 242 g/mol. The molecule has 2 N–H and O–H groups in total. The molecule has 1 rings (SSSR count). The number of halogens is 1. The summed E-state index contributed by atoms with van der Waals surface area (Å²) in [5, 5.41) is 19.1. The number of phenolic OH excluding ortho intramolecular Hbond substituents is 2. The van der Waals surface area contributed by atoms with Gasteiger partial charge in [-0.1, -0.05) is 34.1 Å². The first-order chi connectivity index (χ1) is 6.24. The predicted octanol–water partition coefficient (Wildman–Crippen LogP) is 2.90. The first kappa shape index (κ1) is 10.1. The molecule has 0 heterocycles. The number of hydrogen-bond acceptors (Lipinski definition) is 2. The van der Waals surface area contributed by atoms with Crippen molar-refractivity contribution < 1.29 is 10.2 Å². The van der Waals surface area contributed by atoms with Crippen molar-refractivity contribution in [3.05, 3.63) is 29.8 Å². The van der Waals surface area contributed by atoms with Crippen LogP contribution in [0.1, 0.15) is 12.0 Å². The molecular formula is C10H11BrO2. The lowest BCUT2D eigenvalue weighted by Gasteiger charge is -1.97. The van der Waals surface area contributed by atoms with E-state index < -0.39 is 0 Å². The zero-order chi connectivity index (χ0) is 9.68. The van der Waals surface area contributed by atoms with Gasteiger partial charge in [-0.25, -0.2) is 0 Å². The summed E-state index contributed by atoms with van der Waals surface area (Å²) in [7, 11) is 0. The van der Waals surface area contributed by atoms with E-state index in [0.717, 1.165) is 17.3 Å². The Morgan fingerprint density at radius 1 is 1.23 bits per heavy atom. The topological polar surface area (TPSA) is 40.5 Å². The minimum atomic E-state index is -0.0855. The fourth-order valence-electron chi connectivity index (χ4n) is 0.927. The molecular weight excluding hydrogens is 232 g/mol. The van der Waals surface area contributed by atoms with E-state index >= 15 is 0 Å². The summed E-state index contributed by atoms with van der Waals surface area (Å²) in [5.41, 5.74) is 0.885. The Morgan fingerprint density at radius 2 is 2.00 bits per heavy atom. The third-order valence-corrected chi connectivity index (χ3v) is 2.04. The smallest absolute Gasteiger partial charge is 0.157 e. The minimum Gasteiger partial charge on any atom is -0.504 e. The zero-order valence-electron chi connectivity index (χ0n) is 7.07. The highest BCUT2D eigenvalue weighted by Crippen LogP contribution is 2.25. The maximum absolute atomic E-state index is 9.16. The second-order valence-corrected chi connectivity index (χ2v) is 3.42. The fraction of sp³-hybridized carbons (Fsp3) is 0.200. The van der Waals surface area contributed by atoms with Crippen molar-refractivity contribution in [3.63, 3.8) is 0 Å². The first-order valence-electron chi connectivity index (χ1n) is 3.98. The van der Waals surface area contributed by atoms with Crippen LogP contribution in [0.3, 0.4) is 0 Å². The molecule has 0 aliphatic carbocycles. The van der Waals surface area contributed by atoms with Gasteiger partial charge in [-0.05, 0) is 24.1 Å². The highest BCUT2D eigenvalue weighted by molar-refractivity contribution is 9.09. The summed E-state index contributed by atoms with van der Waals surface area (Å²) in [6.07, 6.45) is 4.85. The van der Waals surface area contributed by atoms with E-state index in [1.165, 1.54) is 12.1 Å². The van der Waals surface area contributed by atoms with Crippen molar-refractivity contribution in [3.8, 4) is 11.5 Å². The Morgan fingerprint density at radius 3 is 2.62 bits per heavy atom. The molecule has 0 atom stereocenters. The van der Waals surface area contributed by atoms with Gasteiger partial charge in [-0.2, -0.15) is 0 Å². The van der Waals surface area contributed by atoms with Gasteiger partial charge in [0.15, 0.2) is 11.5 Å². The molecule has 0 aliphatic rings. The summed E-state index contributed by atoms with van der Waals surface area (Å²) in [6, 6.07) is 4.75. The van der Waals surface area contributed by atoms with Crippen molar-refractivity contribution in [2.45, 2.75) is 6.42 Å². The quantitative estimate of drug-likeness (QED) is 0.633. The molecule has 70 valence electrons. The SMILES string of the molecule is Oc1ccc(C=CCCBr)cc1O. The third kappa shape index (κ3) is 3.11. The highest BCUT2D eigenvalue weighted by atomic mass is 79.9. The van der Waals surface area contributed by atoms with Gasteiger partial charge in [-0.15, -0.1) is 0 Å². The summed E-state index contributed by atoms with van der Waals surface area (Å²) in [5.74, 6) is -0.168. The molecule has 0 spiro atoms. The van der Waals surface area contributed by atoms with Crippen molar-refractivity contribution in [2.75, 3.05) is 5.33 Å². The Hall–Kier alpha value is -0.960. The van der Waals surface area contributed by atoms with Crippen molar-refractivity contribution >= 4 is 22.0 Å². The molecule has 0 radical (unpaired) electrons. The number of rotatable bonds is 3. The molecule has 2 nitrogen and oxygen atoms in total. The molecule has 0 unspecified atom stereocenters. The lowest BCUT2D eigenvalue weighted by molar-refractivity contribution is 0.403. The first-order valence-corrected chi connectivity index (χ1v) is 5.10. The zero-order valence-corrected chi connectivity index (χ0v) is 8.66. The van der Waals surface area contributed by atoms with E-state index in [1.807, 2.05) is 12.2 Å². The molecule has 3 heteroatoms. The van der Waals surface area contributed by atoms with Gasteiger partial charge in [0.25, 0.3) is 0 Å². The van der Waals surface area contributed by atoms with Crippen LogP contribution in [0.15, 0.2) is 24.3 Å². The van der Waals surface area contributed by atoms with E-state index in [0.29, 0.717) is 0 Å². The molecule has 0 bridgehead atoms. The van der Waals surface area contributed by atoms with Crippen LogP contribution in [-0.4, -0.2) is 15.5 Å². The van der Waals surface area contributed by atoms with Crippen LogP contribution in [0.25, 0.3) is 6.08 Å². The summed E-state index contributed by atoms with van der Waals surface area (Å²) in [6.45, 7) is 0. The van der Waals surface area contributed by atoms with Gasteiger partial charge in [-0.3, -0.25) is 0 Å². The fourth-order valence-corrected chi connectivity index (χ4v) is 1.19. The third-order valence-electron chi connectivity index (χ3n) is 1.59. The van der Waals surface area contributed by atoms with Crippen LogP contribution in [0.4, 0.5) is 0 Å². The number of phenols is 2. The summed E-state index contributed by atoms with van der Waals surface area (Å²) in [4.78, 5) is 0. The maximum Gasteiger partial charge on any atom is 0.157 e. The molecule has 1 aromatic rings. The average molecular weight is 243 g/mol. The second kappa shape index (κ2) is 4.92. The normalized spacial score (nSPS) is 10.8. The molecule has 0 saturated carbocycles. The van der Waals surface area contributed by atoms with E-state index in [9.17, 15) is 0 Å². The van der Waals surface area contributed by atoms with Crippen molar-refractivity contribution in [1.29, 1.82) is 0 Å². The van der Waals surface area contributed by atoms with Crippen molar-refractivity contribution in [1.82, 2.24) is 0 Å². The van der Waals surface area contributed by atoms with Crippen LogP contribution >= 0.6 is 15.9 Å². The number of aromatic hydroxyl groups is 2. The average Bonchev–Trinajstić information content (AvgIpc) is 2.12. The predicted molar refractivity (Wildman–Crippen MR) is 57.2 cm³/mol. The number of allylic oxidation sites excluding steroid dienone is 1. The standard InChI is InChI=1S/C10H11BrO2/c11-6-2-1-3-8-4-5-9(12)10(13)7-8/h1,3-5,7,12-13H,2,6H2. The minimum absolute atomic E-state index is 0.0824. The van der Waals surface area contributed by atoms with E-state index in [-0.39, 0.29) is 11.5 Å². The van der Waals surface area contributed by atoms with Crippen LogP contribution < -0.4 is 0 Å². The van der Waals surface area contributed by atoms with Gasteiger partial charge >= 0.3 is 0 Å². The lowest BCUT2D eigenvalue weighted by atomic mass is 10.2. The number of hydrogen-bond donors (Lipinski definition) is 2. The Labute approximate surface area is 85.7 Å². The molecule has 0 aliphatic heterocycles. The molecule has 1 aromatic carbocycles. The van der Waals surface area contributed by atoms with Gasteiger partial charge < -0.3 is 10.2 Å². The van der Waals surface area contributed by atoms with E-state index in [1.54, 1.807) is 6.07 Å². The largest absolute Gasteiger partial charge is 0.504 e. The van der Waals surface area contributed by atoms with Gasteiger partial charge in [0.2, 0.25) is 0 Å². The van der Waals surface area contributed by atoms with Crippen LogP contribution in [0.5, 0.6) is 11.5 Å². The van der Waals surface area contributed by atoms with Crippen LogP contribution in [0.2, 0.25) is 0 Å². The Bertz CT molecular complexity index is 308. The van der Waals surface area contributed by atoms with Crippen molar-refractivity contribution in [2.24, 2.45) is 0 Å². The molecule has 13 heavy (non-hydrogen) atoms. The lowest BCUT2D eigenvalue weighted by Crippen LogP contribution is -1.73. The molecule has 0 amide bonds. The molecule has 0 saturated heterocycles. The highest BCUT2D eigenvalue weighted by Gasteiger charge is 1.96. The van der Waals surface area contributed by atoms with E-state index in [2.05, 4.69) is 15.9 Å². The number of benzene rings is 1. The Kier molecular flexibility index (Phi) is 3.83. The Balaban J connectivity index is 2.73.